The van der Waals surface area contributed by atoms with Gasteiger partial charge in [-0.1, -0.05) is 34.1 Å². The summed E-state index contributed by atoms with van der Waals surface area (Å²) in [6, 6.07) is 11.0. The number of para-hydroxylation sites is 1. The van der Waals surface area contributed by atoms with E-state index in [1.807, 2.05) is 24.3 Å². The first-order valence-corrected chi connectivity index (χ1v) is 11.0. The zero-order chi connectivity index (χ0) is 21.2. The van der Waals surface area contributed by atoms with Crippen molar-refractivity contribution in [2.75, 3.05) is 20.2 Å². The third-order valence-corrected chi connectivity index (χ3v) is 7.21. The van der Waals surface area contributed by atoms with Crippen molar-refractivity contribution in [3.63, 3.8) is 0 Å². The average molecular weight is 494 g/mol. The van der Waals surface area contributed by atoms with Gasteiger partial charge < -0.3 is 9.47 Å². The molecule has 0 unspecified atom stereocenters. The minimum absolute atomic E-state index is 0.105. The van der Waals surface area contributed by atoms with Crippen LogP contribution in [0.5, 0.6) is 11.5 Å². The van der Waals surface area contributed by atoms with Crippen LogP contribution in [-0.2, 0) is 10.0 Å². The van der Waals surface area contributed by atoms with E-state index in [1.165, 1.54) is 10.4 Å². The molecule has 3 rings (SSSR count). The van der Waals surface area contributed by atoms with Crippen molar-refractivity contribution in [1.82, 2.24) is 4.31 Å². The van der Waals surface area contributed by atoms with Gasteiger partial charge in [0, 0.05) is 17.6 Å². The molecular formula is C19H19BrF3NO4S. The van der Waals surface area contributed by atoms with Crippen molar-refractivity contribution < 1.29 is 31.1 Å². The first kappa shape index (κ1) is 21.9. The highest BCUT2D eigenvalue weighted by Crippen LogP contribution is 2.38. The highest BCUT2D eigenvalue weighted by molar-refractivity contribution is 9.10. The summed E-state index contributed by atoms with van der Waals surface area (Å²) in [6.07, 6.45) is -3.93. The van der Waals surface area contributed by atoms with Gasteiger partial charge in [0.05, 0.1) is 7.11 Å². The van der Waals surface area contributed by atoms with E-state index in [1.54, 1.807) is 7.11 Å². The minimum Gasteiger partial charge on any atom is -0.496 e. The molecule has 0 N–H and O–H groups in total. The molecule has 10 heteroatoms. The molecule has 2 aromatic carbocycles. The Labute approximate surface area is 175 Å². The molecule has 5 nitrogen and oxygen atoms in total. The maximum atomic E-state index is 13.0. The van der Waals surface area contributed by atoms with Gasteiger partial charge in [0.2, 0.25) is 10.0 Å². The summed E-state index contributed by atoms with van der Waals surface area (Å²) in [5.74, 6) is 0.0923. The van der Waals surface area contributed by atoms with E-state index in [0.717, 1.165) is 23.4 Å². The molecule has 0 spiro atoms. The number of piperidine rings is 1. The lowest BCUT2D eigenvalue weighted by Gasteiger charge is -2.32. The van der Waals surface area contributed by atoms with E-state index < -0.39 is 27.0 Å². The summed E-state index contributed by atoms with van der Waals surface area (Å²) in [5, 5.41) is 0. The van der Waals surface area contributed by atoms with Crippen LogP contribution in [0.15, 0.2) is 51.8 Å². The van der Waals surface area contributed by atoms with Gasteiger partial charge in [-0.25, -0.2) is 8.42 Å². The van der Waals surface area contributed by atoms with Crippen LogP contribution in [0.25, 0.3) is 0 Å². The van der Waals surface area contributed by atoms with Crippen LogP contribution in [0.3, 0.4) is 0 Å². The Kier molecular flexibility index (Phi) is 6.45. The minimum atomic E-state index is -5.00. The van der Waals surface area contributed by atoms with Crippen molar-refractivity contribution >= 4 is 26.0 Å². The van der Waals surface area contributed by atoms with Gasteiger partial charge in [-0.05, 0) is 48.6 Å². The second-order valence-electron chi connectivity index (χ2n) is 6.56. The zero-order valence-electron chi connectivity index (χ0n) is 15.4. The molecule has 1 aliphatic rings. The molecule has 1 saturated heterocycles. The molecule has 0 saturated carbocycles. The number of benzene rings is 2. The second kappa shape index (κ2) is 8.53. The van der Waals surface area contributed by atoms with Crippen LogP contribution in [0, 0.1) is 0 Å². The van der Waals surface area contributed by atoms with Crippen LogP contribution in [0.4, 0.5) is 13.2 Å². The normalized spacial score (nSPS) is 16.6. The van der Waals surface area contributed by atoms with E-state index in [-0.39, 0.29) is 23.5 Å². The Balaban J connectivity index is 1.82. The molecule has 0 amide bonds. The van der Waals surface area contributed by atoms with E-state index in [4.69, 9.17) is 4.74 Å². The van der Waals surface area contributed by atoms with Crippen LogP contribution in [-0.4, -0.2) is 39.3 Å². The van der Waals surface area contributed by atoms with Crippen LogP contribution < -0.4 is 9.47 Å². The molecule has 0 bridgehead atoms. The Morgan fingerprint density at radius 1 is 1.07 bits per heavy atom. The topological polar surface area (TPSA) is 55.8 Å². The summed E-state index contributed by atoms with van der Waals surface area (Å²) in [4.78, 5) is -0.506. The quantitative estimate of drug-likeness (QED) is 0.592. The van der Waals surface area contributed by atoms with Gasteiger partial charge in [-0.15, -0.1) is 13.2 Å². The Bertz CT molecular complexity index is 974. The first-order chi connectivity index (χ1) is 13.6. The standard InChI is InChI=1S/C19H19BrF3NO4S/c1-27-16-5-3-2-4-15(16)13-8-10-24(11-9-13)29(25,26)18-7-6-14(20)12-17(18)28-19(21,22)23/h2-7,12-13H,8-11H2,1H3. The fraction of sp³-hybridized carbons (Fsp3) is 0.368. The SMILES string of the molecule is COc1ccccc1C1CCN(S(=O)(=O)c2ccc(Br)cc2OC(F)(F)F)CC1. The number of rotatable bonds is 5. The van der Waals surface area contributed by atoms with Crippen LogP contribution in [0.2, 0.25) is 0 Å². The fourth-order valence-electron chi connectivity index (χ4n) is 3.45. The maximum Gasteiger partial charge on any atom is 0.573 e. The number of sulfonamides is 1. The summed E-state index contributed by atoms with van der Waals surface area (Å²) in [7, 11) is -2.57. The third-order valence-electron chi connectivity index (χ3n) is 4.78. The smallest absolute Gasteiger partial charge is 0.496 e. The number of hydrogen-bond donors (Lipinski definition) is 0. The van der Waals surface area contributed by atoms with E-state index in [9.17, 15) is 21.6 Å². The molecule has 2 aromatic rings. The number of methoxy groups -OCH3 is 1. The molecule has 0 radical (unpaired) electrons. The van der Waals surface area contributed by atoms with E-state index in [2.05, 4.69) is 20.7 Å². The molecule has 0 aromatic heterocycles. The molecule has 0 atom stereocenters. The Morgan fingerprint density at radius 3 is 2.34 bits per heavy atom. The molecule has 29 heavy (non-hydrogen) atoms. The lowest BCUT2D eigenvalue weighted by Crippen LogP contribution is -2.38. The van der Waals surface area contributed by atoms with Crippen molar-refractivity contribution in [3.8, 4) is 11.5 Å². The lowest BCUT2D eigenvalue weighted by molar-refractivity contribution is -0.275. The van der Waals surface area contributed by atoms with E-state index in [0.29, 0.717) is 12.8 Å². The largest absolute Gasteiger partial charge is 0.573 e. The first-order valence-electron chi connectivity index (χ1n) is 8.80. The maximum absolute atomic E-state index is 13.0. The summed E-state index contributed by atoms with van der Waals surface area (Å²) >= 11 is 3.05. The predicted octanol–water partition coefficient (Wildman–Crippen LogP) is 4.92. The fourth-order valence-corrected chi connectivity index (χ4v) is 5.35. The molecule has 1 heterocycles. The predicted molar refractivity (Wildman–Crippen MR) is 105 cm³/mol. The van der Waals surface area contributed by atoms with Crippen molar-refractivity contribution in [1.29, 1.82) is 0 Å². The van der Waals surface area contributed by atoms with Crippen molar-refractivity contribution in [2.45, 2.75) is 30.0 Å². The van der Waals surface area contributed by atoms with Crippen LogP contribution in [0.1, 0.15) is 24.3 Å². The number of nitrogens with zero attached hydrogens (tertiary/aromatic N) is 1. The highest BCUT2D eigenvalue weighted by Gasteiger charge is 2.37. The van der Waals surface area contributed by atoms with Gasteiger partial charge in [0.25, 0.3) is 0 Å². The van der Waals surface area contributed by atoms with Gasteiger partial charge in [-0.2, -0.15) is 4.31 Å². The summed E-state index contributed by atoms with van der Waals surface area (Å²) in [5.41, 5.74) is 0.997. The van der Waals surface area contributed by atoms with Gasteiger partial charge in [0.15, 0.2) is 5.75 Å². The molecule has 1 fully saturated rings. The lowest BCUT2D eigenvalue weighted by atomic mass is 9.89. The summed E-state index contributed by atoms with van der Waals surface area (Å²) in [6.45, 7) is 0.374. The number of ether oxygens (including phenoxy) is 2. The Morgan fingerprint density at radius 2 is 1.72 bits per heavy atom. The summed E-state index contributed by atoms with van der Waals surface area (Å²) < 4.78 is 75.0. The molecule has 158 valence electrons. The monoisotopic (exact) mass is 493 g/mol. The van der Waals surface area contributed by atoms with Crippen molar-refractivity contribution in [2.24, 2.45) is 0 Å². The molecular weight excluding hydrogens is 475 g/mol. The number of halogens is 4. The molecule has 1 aliphatic heterocycles. The average Bonchev–Trinajstić information content (AvgIpc) is 2.66. The van der Waals surface area contributed by atoms with E-state index >= 15 is 0 Å². The highest BCUT2D eigenvalue weighted by atomic mass is 79.9. The number of alkyl halides is 3. The number of hydrogen-bond acceptors (Lipinski definition) is 4. The van der Waals surface area contributed by atoms with Gasteiger partial charge >= 0.3 is 6.36 Å². The second-order valence-corrected chi connectivity index (χ2v) is 9.38. The zero-order valence-corrected chi connectivity index (χ0v) is 17.9. The Hall–Kier alpha value is -1.78. The van der Waals surface area contributed by atoms with Crippen molar-refractivity contribution in [3.05, 3.63) is 52.5 Å². The van der Waals surface area contributed by atoms with Gasteiger partial charge in [-0.3, -0.25) is 0 Å². The van der Waals surface area contributed by atoms with Gasteiger partial charge in [0.1, 0.15) is 10.6 Å². The third kappa shape index (κ3) is 5.04. The van der Waals surface area contributed by atoms with Crippen LogP contribution >= 0.6 is 15.9 Å². The molecule has 0 aliphatic carbocycles.